The first-order valence-electron chi connectivity index (χ1n) is 5.95. The molecule has 0 radical (unpaired) electrons. The lowest BCUT2D eigenvalue weighted by molar-refractivity contribution is -0.114. The molecule has 0 aliphatic rings. The average molecular weight is 270 g/mol. The molecule has 0 saturated heterocycles. The third-order valence-corrected chi connectivity index (χ3v) is 2.48. The minimum atomic E-state index is -0.293. The number of aromatic nitrogens is 1. The number of nitrogens with two attached hydrogens (primary N) is 1. The summed E-state index contributed by atoms with van der Waals surface area (Å²) in [6.45, 7) is 1.42. The highest BCUT2D eigenvalue weighted by Gasteiger charge is 2.07. The van der Waals surface area contributed by atoms with Crippen LogP contribution in [0, 0.1) is 0 Å². The number of carbonyl (C=O) groups is 2. The van der Waals surface area contributed by atoms with Crippen molar-refractivity contribution in [2.24, 2.45) is 0 Å². The number of amides is 2. The molecule has 0 aliphatic heterocycles. The van der Waals surface area contributed by atoms with Crippen LogP contribution in [-0.4, -0.2) is 16.8 Å². The molecule has 1 aromatic heterocycles. The van der Waals surface area contributed by atoms with Crippen molar-refractivity contribution in [3.63, 3.8) is 0 Å². The SMILES string of the molecule is CC(=O)Nc1cccc(NC(=O)c2ccnc(N)c2)c1. The lowest BCUT2D eigenvalue weighted by atomic mass is 10.2. The molecule has 2 aromatic rings. The van der Waals surface area contributed by atoms with Gasteiger partial charge >= 0.3 is 0 Å². The van der Waals surface area contributed by atoms with Crippen LogP contribution in [0.25, 0.3) is 0 Å². The van der Waals surface area contributed by atoms with E-state index >= 15 is 0 Å². The first kappa shape index (κ1) is 13.5. The van der Waals surface area contributed by atoms with Gasteiger partial charge in [-0.25, -0.2) is 4.98 Å². The van der Waals surface area contributed by atoms with Crippen molar-refractivity contribution >= 4 is 29.0 Å². The molecule has 1 aromatic carbocycles. The molecule has 2 rings (SSSR count). The highest BCUT2D eigenvalue weighted by atomic mass is 16.2. The number of pyridine rings is 1. The Balaban J connectivity index is 2.13. The van der Waals surface area contributed by atoms with Gasteiger partial charge in [-0.15, -0.1) is 0 Å². The molecular weight excluding hydrogens is 256 g/mol. The largest absolute Gasteiger partial charge is 0.384 e. The molecule has 0 bridgehead atoms. The Morgan fingerprint density at radius 3 is 2.45 bits per heavy atom. The van der Waals surface area contributed by atoms with Crippen LogP contribution >= 0.6 is 0 Å². The smallest absolute Gasteiger partial charge is 0.255 e. The normalized spacial score (nSPS) is 9.85. The Bertz CT molecular complexity index is 655. The number of carbonyl (C=O) groups excluding carboxylic acids is 2. The van der Waals surface area contributed by atoms with Gasteiger partial charge in [0.1, 0.15) is 5.82 Å². The van der Waals surface area contributed by atoms with Crippen molar-refractivity contribution in [3.05, 3.63) is 48.2 Å². The van der Waals surface area contributed by atoms with Gasteiger partial charge in [-0.1, -0.05) is 6.07 Å². The molecular formula is C14H14N4O2. The van der Waals surface area contributed by atoms with Gasteiger partial charge in [-0.05, 0) is 30.3 Å². The van der Waals surface area contributed by atoms with Gasteiger partial charge in [0.05, 0.1) is 0 Å². The maximum Gasteiger partial charge on any atom is 0.255 e. The van der Waals surface area contributed by atoms with Crippen LogP contribution < -0.4 is 16.4 Å². The zero-order valence-corrected chi connectivity index (χ0v) is 10.9. The Morgan fingerprint density at radius 2 is 1.80 bits per heavy atom. The summed E-state index contributed by atoms with van der Waals surface area (Å²) >= 11 is 0. The van der Waals surface area contributed by atoms with Crippen LogP contribution in [0.1, 0.15) is 17.3 Å². The number of nitrogens with zero attached hydrogens (tertiary/aromatic N) is 1. The molecule has 0 fully saturated rings. The zero-order valence-electron chi connectivity index (χ0n) is 10.9. The molecule has 6 nitrogen and oxygen atoms in total. The second-order valence-electron chi connectivity index (χ2n) is 4.19. The number of hydrogen-bond donors (Lipinski definition) is 3. The predicted molar refractivity (Wildman–Crippen MR) is 77.3 cm³/mol. The fraction of sp³-hybridized carbons (Fsp3) is 0.0714. The summed E-state index contributed by atoms with van der Waals surface area (Å²) in [5.74, 6) is -0.181. The lowest BCUT2D eigenvalue weighted by Crippen LogP contribution is -2.13. The molecule has 20 heavy (non-hydrogen) atoms. The minimum Gasteiger partial charge on any atom is -0.384 e. The van der Waals surface area contributed by atoms with Crippen LogP contribution in [0.2, 0.25) is 0 Å². The molecule has 4 N–H and O–H groups in total. The third-order valence-electron chi connectivity index (χ3n) is 2.48. The molecule has 6 heteroatoms. The fourth-order valence-corrected chi connectivity index (χ4v) is 1.67. The average Bonchev–Trinajstić information content (AvgIpc) is 2.38. The highest BCUT2D eigenvalue weighted by molar-refractivity contribution is 6.05. The number of rotatable bonds is 3. The van der Waals surface area contributed by atoms with Crippen LogP contribution in [-0.2, 0) is 4.79 Å². The summed E-state index contributed by atoms with van der Waals surface area (Å²) in [7, 11) is 0. The first-order valence-corrected chi connectivity index (χ1v) is 5.95. The van der Waals surface area contributed by atoms with Crippen molar-refractivity contribution in [2.45, 2.75) is 6.92 Å². The summed E-state index contributed by atoms with van der Waals surface area (Å²) in [5, 5.41) is 5.37. The highest BCUT2D eigenvalue weighted by Crippen LogP contribution is 2.16. The standard InChI is InChI=1S/C14H14N4O2/c1-9(19)17-11-3-2-4-12(8-11)18-14(20)10-5-6-16-13(15)7-10/h2-8H,1H3,(H2,15,16)(H,17,19)(H,18,20). The van der Waals surface area contributed by atoms with E-state index < -0.39 is 0 Å². The molecule has 0 unspecified atom stereocenters. The molecule has 0 spiro atoms. The van der Waals surface area contributed by atoms with Crippen molar-refractivity contribution in [2.75, 3.05) is 16.4 Å². The third kappa shape index (κ3) is 3.55. The lowest BCUT2D eigenvalue weighted by Gasteiger charge is -2.08. The molecule has 0 aliphatic carbocycles. The summed E-state index contributed by atoms with van der Waals surface area (Å²) in [5.41, 5.74) is 7.14. The van der Waals surface area contributed by atoms with Crippen LogP contribution in [0.4, 0.5) is 17.2 Å². The van der Waals surface area contributed by atoms with E-state index in [1.54, 1.807) is 30.3 Å². The Labute approximate surface area is 116 Å². The van der Waals surface area contributed by atoms with Crippen molar-refractivity contribution in [3.8, 4) is 0 Å². The number of nitrogens with one attached hydrogen (secondary N) is 2. The van der Waals surface area contributed by atoms with Gasteiger partial charge in [0, 0.05) is 30.1 Å². The Kier molecular flexibility index (Phi) is 3.95. The summed E-state index contributed by atoms with van der Waals surface area (Å²) in [6, 6.07) is 9.94. The fourth-order valence-electron chi connectivity index (χ4n) is 1.67. The van der Waals surface area contributed by atoms with Crippen molar-refractivity contribution in [1.29, 1.82) is 0 Å². The summed E-state index contributed by atoms with van der Waals surface area (Å²) < 4.78 is 0. The number of anilines is 3. The molecule has 0 saturated carbocycles. The zero-order chi connectivity index (χ0) is 14.5. The van der Waals surface area contributed by atoms with E-state index in [-0.39, 0.29) is 17.6 Å². The maximum atomic E-state index is 12.0. The first-order chi connectivity index (χ1) is 9.54. The summed E-state index contributed by atoms with van der Waals surface area (Å²) in [6.07, 6.45) is 1.47. The van der Waals surface area contributed by atoms with Gasteiger partial charge in [0.2, 0.25) is 5.91 Å². The van der Waals surface area contributed by atoms with Crippen molar-refractivity contribution in [1.82, 2.24) is 4.98 Å². The quantitative estimate of drug-likeness (QED) is 0.793. The van der Waals surface area contributed by atoms with Gasteiger partial charge < -0.3 is 16.4 Å². The van der Waals surface area contributed by atoms with Crippen LogP contribution in [0.15, 0.2) is 42.6 Å². The van der Waals surface area contributed by atoms with E-state index in [0.29, 0.717) is 16.9 Å². The van der Waals surface area contributed by atoms with E-state index in [9.17, 15) is 9.59 Å². The number of benzene rings is 1. The predicted octanol–water partition coefficient (Wildman–Crippen LogP) is 1.87. The van der Waals surface area contributed by atoms with E-state index in [1.165, 1.54) is 19.2 Å². The van der Waals surface area contributed by atoms with Crippen molar-refractivity contribution < 1.29 is 9.59 Å². The van der Waals surface area contributed by atoms with Crippen LogP contribution in [0.3, 0.4) is 0 Å². The molecule has 0 atom stereocenters. The van der Waals surface area contributed by atoms with E-state index in [4.69, 9.17) is 5.73 Å². The van der Waals surface area contributed by atoms with E-state index in [0.717, 1.165) is 0 Å². The van der Waals surface area contributed by atoms with Gasteiger partial charge in [0.15, 0.2) is 0 Å². The second-order valence-corrected chi connectivity index (χ2v) is 4.19. The van der Waals surface area contributed by atoms with E-state index in [1.807, 2.05) is 0 Å². The van der Waals surface area contributed by atoms with Crippen LogP contribution in [0.5, 0.6) is 0 Å². The van der Waals surface area contributed by atoms with Gasteiger partial charge in [-0.3, -0.25) is 9.59 Å². The monoisotopic (exact) mass is 270 g/mol. The Hall–Kier alpha value is -2.89. The molecule has 2 amide bonds. The summed E-state index contributed by atoms with van der Waals surface area (Å²) in [4.78, 5) is 26.8. The maximum absolute atomic E-state index is 12.0. The van der Waals surface area contributed by atoms with Gasteiger partial charge in [-0.2, -0.15) is 0 Å². The minimum absolute atomic E-state index is 0.171. The number of hydrogen-bond acceptors (Lipinski definition) is 4. The van der Waals surface area contributed by atoms with E-state index in [2.05, 4.69) is 15.6 Å². The topological polar surface area (TPSA) is 97.1 Å². The Morgan fingerprint density at radius 1 is 1.10 bits per heavy atom. The molecule has 102 valence electrons. The number of nitrogen functional groups attached to an aromatic ring is 1. The second kappa shape index (κ2) is 5.83. The van der Waals surface area contributed by atoms with Gasteiger partial charge in [0.25, 0.3) is 5.91 Å². The molecule has 1 heterocycles.